The Morgan fingerprint density at radius 2 is 0.603 bits per heavy atom. The van der Waals surface area contributed by atoms with E-state index in [2.05, 4.69) is 210 Å². The van der Waals surface area contributed by atoms with Gasteiger partial charge in [0.25, 0.3) is 0 Å². The van der Waals surface area contributed by atoms with Crippen LogP contribution in [0.5, 0.6) is 0 Å². The maximum absolute atomic E-state index is 10.8. The van der Waals surface area contributed by atoms with Gasteiger partial charge < -0.3 is 10.8 Å². The van der Waals surface area contributed by atoms with Gasteiger partial charge in [-0.25, -0.2) is 4.79 Å². The van der Waals surface area contributed by atoms with Crippen LogP contribution in [0.3, 0.4) is 0 Å². The molecule has 0 atom stereocenters. The Bertz CT molecular complexity index is 1720. The van der Waals surface area contributed by atoms with Crippen molar-refractivity contribution in [3.8, 4) is 0 Å². The number of nitrogen functional groups attached to an aromatic ring is 1. The summed E-state index contributed by atoms with van der Waals surface area (Å²) in [5.74, 6) is -0.858. The summed E-state index contributed by atoms with van der Waals surface area (Å²) in [6, 6.07) is 39.8. The van der Waals surface area contributed by atoms with Crippen molar-refractivity contribution in [1.29, 1.82) is 0 Å². The van der Waals surface area contributed by atoms with Crippen molar-refractivity contribution < 1.29 is 9.90 Å². The quantitative estimate of drug-likeness (QED) is 0.166. The van der Waals surface area contributed by atoms with Gasteiger partial charge in [-0.1, -0.05) is 218 Å². The van der Waals surface area contributed by atoms with Gasteiger partial charge in [-0.15, -0.1) is 0 Å². The fourth-order valence-corrected chi connectivity index (χ4v) is 5.51. The lowest BCUT2D eigenvalue weighted by molar-refractivity contribution is 0.0696. The number of benzene rings is 5. The molecule has 5 rings (SSSR count). The molecule has 5 aromatic rings. The largest absolute Gasteiger partial charge is 0.478 e. The van der Waals surface area contributed by atoms with Crippen molar-refractivity contribution in [3.05, 3.63) is 171 Å². The van der Waals surface area contributed by atoms with Crippen LogP contribution in [0.25, 0.3) is 0 Å². The molecule has 0 aliphatic rings. The summed E-state index contributed by atoms with van der Waals surface area (Å²) in [5.41, 5.74) is 19.5. The fraction of sp³-hybridized carbons (Fsp3) is 0.436. The Morgan fingerprint density at radius 3 is 0.810 bits per heavy atom. The molecule has 0 radical (unpaired) electrons. The third-order valence-electron chi connectivity index (χ3n) is 9.85. The van der Waals surface area contributed by atoms with Gasteiger partial charge in [-0.3, -0.25) is 0 Å². The molecule has 3 nitrogen and oxygen atoms in total. The molecule has 0 aliphatic heterocycles. The molecule has 58 heavy (non-hydrogen) atoms. The summed E-state index contributed by atoms with van der Waals surface area (Å²) in [5, 5.41) is 8.86. The lowest BCUT2D eigenvalue weighted by Gasteiger charge is -2.19. The average molecular weight is 786 g/mol. The van der Waals surface area contributed by atoms with Crippen LogP contribution >= 0.6 is 0 Å². The van der Waals surface area contributed by atoms with Crippen LogP contribution in [-0.2, 0) is 27.1 Å². The standard InChI is InChI=1S/C12H16O2.3C11H16.C10H15N/c1-8-7-9(12(2,3)4)5-6-10(8)11(13)14;3*1-9-5-7-10(8-6-9)11(2,3)4;1-10(2,3)8-4-6-9(11)7-5-8/h5-7H,1-4H3,(H,13,14);3*5-8H,1-4H3;4-7H,11H2,1-3H3. The zero-order chi connectivity index (χ0) is 44.9. The minimum absolute atomic E-state index is 0.0712. The van der Waals surface area contributed by atoms with E-state index in [0.717, 1.165) is 11.3 Å². The van der Waals surface area contributed by atoms with E-state index in [1.54, 1.807) is 6.07 Å². The zero-order valence-electron chi connectivity index (χ0n) is 39.9. The first-order valence-electron chi connectivity index (χ1n) is 20.7. The van der Waals surface area contributed by atoms with E-state index in [-0.39, 0.29) is 27.1 Å². The van der Waals surface area contributed by atoms with E-state index >= 15 is 0 Å². The van der Waals surface area contributed by atoms with Crippen molar-refractivity contribution >= 4 is 11.7 Å². The first-order chi connectivity index (χ1) is 26.3. The molecule has 3 N–H and O–H groups in total. The lowest BCUT2D eigenvalue weighted by atomic mass is 9.85. The van der Waals surface area contributed by atoms with Crippen LogP contribution in [0, 0.1) is 27.7 Å². The first-order valence-corrected chi connectivity index (χ1v) is 20.7. The first kappa shape index (κ1) is 51.4. The molecule has 0 aliphatic carbocycles. The molecule has 0 saturated heterocycles. The van der Waals surface area contributed by atoms with Gasteiger partial charge >= 0.3 is 5.97 Å². The smallest absolute Gasteiger partial charge is 0.335 e. The number of hydrogen-bond donors (Lipinski definition) is 2. The molecule has 0 bridgehead atoms. The fourth-order valence-electron chi connectivity index (χ4n) is 5.51. The van der Waals surface area contributed by atoms with E-state index in [1.807, 2.05) is 31.2 Å². The van der Waals surface area contributed by atoms with Crippen LogP contribution in [-0.4, -0.2) is 11.1 Å². The number of hydrogen-bond acceptors (Lipinski definition) is 2. The highest BCUT2D eigenvalue weighted by Crippen LogP contribution is 2.26. The van der Waals surface area contributed by atoms with E-state index in [0.29, 0.717) is 5.56 Å². The lowest BCUT2D eigenvalue weighted by Crippen LogP contribution is -2.12. The van der Waals surface area contributed by atoms with Crippen LogP contribution < -0.4 is 5.73 Å². The van der Waals surface area contributed by atoms with Crippen LogP contribution in [0.1, 0.15) is 164 Å². The van der Waals surface area contributed by atoms with E-state index < -0.39 is 5.97 Å². The predicted molar refractivity (Wildman–Crippen MR) is 256 cm³/mol. The number of aryl methyl sites for hydroxylation is 4. The minimum Gasteiger partial charge on any atom is -0.478 e. The summed E-state index contributed by atoms with van der Waals surface area (Å²) in [4.78, 5) is 10.8. The van der Waals surface area contributed by atoms with Gasteiger partial charge in [0.15, 0.2) is 0 Å². The third-order valence-corrected chi connectivity index (χ3v) is 9.85. The molecule has 0 unspecified atom stereocenters. The number of carboxylic acid groups (broad SMARTS) is 1. The van der Waals surface area contributed by atoms with E-state index in [1.165, 1.54) is 44.5 Å². The van der Waals surface area contributed by atoms with Crippen LogP contribution in [0.4, 0.5) is 5.69 Å². The van der Waals surface area contributed by atoms with Crippen molar-refractivity contribution in [1.82, 2.24) is 0 Å². The van der Waals surface area contributed by atoms with Crippen LogP contribution in [0.15, 0.2) is 115 Å². The summed E-state index contributed by atoms with van der Waals surface area (Å²) < 4.78 is 0. The Kier molecular flexibility index (Phi) is 19.0. The normalized spacial score (nSPS) is 11.6. The molecule has 0 aromatic heterocycles. The maximum Gasteiger partial charge on any atom is 0.335 e. The van der Waals surface area contributed by atoms with Crippen molar-refractivity contribution in [2.45, 2.75) is 159 Å². The van der Waals surface area contributed by atoms with E-state index in [4.69, 9.17) is 10.8 Å². The topological polar surface area (TPSA) is 63.3 Å². The van der Waals surface area contributed by atoms with Crippen molar-refractivity contribution in [2.75, 3.05) is 5.73 Å². The Hall–Kier alpha value is -4.63. The Labute approximate surface area is 355 Å². The van der Waals surface area contributed by atoms with Gasteiger partial charge in [0.1, 0.15) is 0 Å². The molecule has 316 valence electrons. The number of carbonyl (C=O) groups is 1. The molecular formula is C55H79NO2. The number of aromatic carboxylic acids is 1. The third kappa shape index (κ3) is 19.2. The van der Waals surface area contributed by atoms with Crippen LogP contribution in [0.2, 0.25) is 0 Å². The minimum atomic E-state index is -0.858. The number of anilines is 1. The number of nitrogens with two attached hydrogens (primary N) is 1. The molecule has 5 aromatic carbocycles. The molecule has 3 heteroatoms. The van der Waals surface area contributed by atoms with Gasteiger partial charge in [0.2, 0.25) is 0 Å². The zero-order valence-corrected chi connectivity index (χ0v) is 39.9. The second-order valence-corrected chi connectivity index (χ2v) is 20.8. The van der Waals surface area contributed by atoms with Gasteiger partial charge in [0.05, 0.1) is 5.56 Å². The predicted octanol–water partition coefficient (Wildman–Crippen LogP) is 15.4. The summed E-state index contributed by atoms with van der Waals surface area (Å²) >= 11 is 0. The van der Waals surface area contributed by atoms with Gasteiger partial charge in [0, 0.05) is 5.69 Å². The summed E-state index contributed by atoms with van der Waals surface area (Å²) in [6.45, 7) is 41.2. The molecule has 0 saturated carbocycles. The molecule has 0 heterocycles. The monoisotopic (exact) mass is 786 g/mol. The second kappa shape index (κ2) is 21.4. The highest BCUT2D eigenvalue weighted by molar-refractivity contribution is 5.89. The Balaban J connectivity index is 0.000000364. The van der Waals surface area contributed by atoms with Gasteiger partial charge in [-0.05, 0) is 106 Å². The summed E-state index contributed by atoms with van der Waals surface area (Å²) in [7, 11) is 0. The van der Waals surface area contributed by atoms with Crippen molar-refractivity contribution in [2.24, 2.45) is 0 Å². The van der Waals surface area contributed by atoms with E-state index in [9.17, 15) is 4.79 Å². The molecular weight excluding hydrogens is 707 g/mol. The SMILES string of the molecule is CC(C)(C)c1ccc(N)cc1.Cc1cc(C(C)(C)C)ccc1C(=O)O.Cc1ccc(C(C)(C)C)cc1.Cc1ccc(C(C)(C)C)cc1.Cc1ccc(C(C)(C)C)cc1. The number of carboxylic acids is 1. The van der Waals surface area contributed by atoms with Gasteiger partial charge in [-0.2, -0.15) is 0 Å². The molecule has 0 amide bonds. The van der Waals surface area contributed by atoms with Crippen molar-refractivity contribution in [3.63, 3.8) is 0 Å². The number of rotatable bonds is 1. The Morgan fingerprint density at radius 1 is 0.379 bits per heavy atom. The molecule has 0 fully saturated rings. The maximum atomic E-state index is 10.8. The summed E-state index contributed by atoms with van der Waals surface area (Å²) in [6.07, 6.45) is 0. The highest BCUT2D eigenvalue weighted by atomic mass is 16.4. The highest BCUT2D eigenvalue weighted by Gasteiger charge is 2.17. The second-order valence-electron chi connectivity index (χ2n) is 20.8. The average Bonchev–Trinajstić information content (AvgIpc) is 3.08. The molecule has 0 spiro atoms.